The van der Waals surface area contributed by atoms with Crippen LogP contribution in [0.3, 0.4) is 0 Å². The molecular weight excluding hydrogens is 1390 g/mol. The van der Waals surface area contributed by atoms with E-state index < -0.39 is 36.6 Å². The molecule has 2 fully saturated rings. The van der Waals surface area contributed by atoms with Crippen LogP contribution in [0, 0.1) is 0 Å². The highest BCUT2D eigenvalue weighted by Crippen LogP contribution is 2.57. The third kappa shape index (κ3) is 11.9. The normalized spacial score (nSPS) is 15.7. The fourth-order valence-electron chi connectivity index (χ4n) is 15.2. The zero-order valence-electron chi connectivity index (χ0n) is 60.1. The molecule has 0 bridgehead atoms. The Balaban J connectivity index is 0.000000130. The van der Waals surface area contributed by atoms with E-state index >= 15 is 0 Å². The Hall–Kier alpha value is -11.7. The third-order valence-electron chi connectivity index (χ3n) is 22.2. The summed E-state index contributed by atoms with van der Waals surface area (Å²) in [6.45, 7) is 16.7. The Morgan fingerprint density at radius 1 is 0.224 bits per heavy atom. The van der Waals surface area contributed by atoms with Gasteiger partial charge in [0.2, 0.25) is 0 Å². The number of benzene rings is 7. The molecule has 6 aliphatic rings. The van der Waals surface area contributed by atoms with Crippen LogP contribution in [0.25, 0.3) is 122 Å². The predicted octanol–water partition coefficient (Wildman–Crippen LogP) is 18.6. The zero-order valence-corrected chi connectivity index (χ0v) is 61.7. The number of fused-ring (bicyclic) bond motifs is 12. The maximum atomic E-state index is 6.48. The summed E-state index contributed by atoms with van der Waals surface area (Å²) in [5.41, 5.74) is 34.8. The summed E-state index contributed by atoms with van der Waals surface area (Å²) >= 11 is 3.39. The van der Waals surface area contributed by atoms with Gasteiger partial charge in [0.05, 0.1) is 22.4 Å². The highest BCUT2D eigenvalue weighted by molar-refractivity contribution is 9.10. The number of halogens is 1. The molecule has 2 aliphatic heterocycles. The summed E-state index contributed by atoms with van der Waals surface area (Å²) < 4.78 is 27.0. The minimum Gasteiger partial charge on any atom is -0.399 e. The minimum atomic E-state index is -0.457. The third-order valence-corrected chi connectivity index (χ3v) is 22.8. The first-order chi connectivity index (χ1) is 51.9. The summed E-state index contributed by atoms with van der Waals surface area (Å²) in [7, 11) is -0.913. The molecule has 14 nitrogen and oxygen atoms in total. The number of aromatic nitrogens is 10. The van der Waals surface area contributed by atoms with Crippen molar-refractivity contribution >= 4 is 63.4 Å². The van der Waals surface area contributed by atoms with Gasteiger partial charge >= 0.3 is 14.2 Å². The number of rotatable bonds is 7. The molecule has 14 aromatic rings. The van der Waals surface area contributed by atoms with Gasteiger partial charge in [0.1, 0.15) is 19.0 Å². The largest absolute Gasteiger partial charge is 0.494 e. The summed E-state index contributed by atoms with van der Waals surface area (Å²) in [6, 6.07) is 60.9. The van der Waals surface area contributed by atoms with Crippen molar-refractivity contribution < 1.29 is 18.6 Å². The first-order valence-corrected chi connectivity index (χ1v) is 36.5. The quantitative estimate of drug-likeness (QED) is 0.138. The first kappa shape index (κ1) is 67.2. The van der Waals surface area contributed by atoms with Crippen LogP contribution in [-0.4, -0.2) is 86.5 Å². The number of hydrogen-bond acceptors (Lipinski definition) is 14. The van der Waals surface area contributed by atoms with Crippen LogP contribution in [0.5, 0.6) is 0 Å². The fraction of sp³-hybridized carbons (Fsp3) is 0.133. The molecule has 0 unspecified atom stereocenters. The van der Waals surface area contributed by atoms with Gasteiger partial charge in [-0.25, -0.2) is 29.9 Å². The summed E-state index contributed by atoms with van der Waals surface area (Å²) in [5.74, 6) is 0. The number of nitrogens with zero attached hydrogens (tertiary/aromatic N) is 10. The van der Waals surface area contributed by atoms with Gasteiger partial charge in [0.15, 0.2) is 0 Å². The summed E-state index contributed by atoms with van der Waals surface area (Å²) in [6.07, 6.45) is 31.0. The van der Waals surface area contributed by atoms with Crippen LogP contribution >= 0.6 is 15.9 Å². The Kier molecular flexibility index (Phi) is 16.6. The Morgan fingerprint density at radius 2 is 0.458 bits per heavy atom. The SMILES string of the molecule is Brc1ccc(-c2cncnc2)cc1.CC1(C)OB(c2ccc3c(c2)-c2cc(B4OC(C)(C)C(C)(C)O4)ccc2C3=C2c3ccncc3-c3cnccc32)OC1(C)C.c1cc2c(cn1)-c1cnccc1C2=C1c2ccc(-c3ccc(-c4cncnc4)cc3)cc2-c2cc(-c3ccc(-c4cncnc4)cc3)ccc21. The van der Waals surface area contributed by atoms with E-state index in [-0.39, 0.29) is 0 Å². The maximum absolute atomic E-state index is 6.48. The smallest absolute Gasteiger partial charge is 0.399 e. The molecule has 7 aromatic heterocycles. The van der Waals surface area contributed by atoms with Crippen molar-refractivity contribution in [1.29, 1.82) is 0 Å². The lowest BCUT2D eigenvalue weighted by Gasteiger charge is -2.32. The van der Waals surface area contributed by atoms with Crippen molar-refractivity contribution in [1.82, 2.24) is 49.8 Å². The molecule has 0 radical (unpaired) electrons. The minimum absolute atomic E-state index is 0.426. The van der Waals surface area contributed by atoms with E-state index in [4.69, 9.17) is 18.6 Å². The van der Waals surface area contributed by atoms with Crippen molar-refractivity contribution in [2.24, 2.45) is 0 Å². The van der Waals surface area contributed by atoms with E-state index in [2.05, 4.69) is 267 Å². The van der Waals surface area contributed by atoms with Crippen molar-refractivity contribution in [2.75, 3.05) is 0 Å². The molecule has 17 heteroatoms. The average Bonchev–Trinajstić information content (AvgIpc) is 1.56. The van der Waals surface area contributed by atoms with Crippen LogP contribution < -0.4 is 10.9 Å². The van der Waals surface area contributed by atoms with E-state index in [1.165, 1.54) is 84.3 Å². The van der Waals surface area contributed by atoms with E-state index in [0.717, 1.165) is 104 Å². The van der Waals surface area contributed by atoms with Crippen molar-refractivity contribution in [3.8, 4) is 100 Å². The van der Waals surface area contributed by atoms with E-state index in [9.17, 15) is 0 Å². The molecule has 0 amide bonds. The Morgan fingerprint density at radius 3 is 0.748 bits per heavy atom. The molecule has 0 N–H and O–H groups in total. The van der Waals surface area contributed by atoms with E-state index in [1.54, 1.807) is 25.0 Å². The molecule has 516 valence electrons. The summed E-state index contributed by atoms with van der Waals surface area (Å²) in [5, 5.41) is 0. The van der Waals surface area contributed by atoms with Crippen LogP contribution in [0.2, 0.25) is 0 Å². The molecular formula is C90H69B2BrN10O4. The lowest BCUT2D eigenvalue weighted by Crippen LogP contribution is -2.41. The molecule has 20 rings (SSSR count). The van der Waals surface area contributed by atoms with Gasteiger partial charge in [-0.1, -0.05) is 137 Å². The topological polar surface area (TPSA) is 166 Å². The highest BCUT2D eigenvalue weighted by Gasteiger charge is 2.53. The van der Waals surface area contributed by atoms with Crippen LogP contribution in [0.1, 0.15) is 99.9 Å². The molecule has 0 saturated carbocycles. The first-order valence-electron chi connectivity index (χ1n) is 35.7. The predicted molar refractivity (Wildman–Crippen MR) is 428 cm³/mol. The van der Waals surface area contributed by atoms with Gasteiger partial charge in [-0.2, -0.15) is 0 Å². The molecule has 9 heterocycles. The Bertz CT molecular complexity index is 5570. The van der Waals surface area contributed by atoms with Gasteiger partial charge in [-0.15, -0.1) is 0 Å². The van der Waals surface area contributed by atoms with Gasteiger partial charge in [-0.05, 0) is 243 Å². The highest BCUT2D eigenvalue weighted by atomic mass is 79.9. The molecule has 7 aromatic carbocycles. The lowest BCUT2D eigenvalue weighted by atomic mass is 9.76. The van der Waals surface area contributed by atoms with E-state index in [1.807, 2.05) is 98.6 Å². The molecule has 107 heavy (non-hydrogen) atoms. The van der Waals surface area contributed by atoms with Crippen LogP contribution in [0.15, 0.2) is 280 Å². The second-order valence-corrected chi connectivity index (χ2v) is 30.5. The zero-order chi connectivity index (χ0) is 72.9. The lowest BCUT2D eigenvalue weighted by molar-refractivity contribution is 0.00578. The Labute approximate surface area is 630 Å². The summed E-state index contributed by atoms with van der Waals surface area (Å²) in [4.78, 5) is 42.6. The van der Waals surface area contributed by atoms with Gasteiger partial charge < -0.3 is 18.6 Å². The number of pyridine rings is 4. The van der Waals surface area contributed by atoms with Crippen molar-refractivity contribution in [2.45, 2.75) is 77.8 Å². The van der Waals surface area contributed by atoms with E-state index in [0.29, 0.717) is 0 Å². The molecule has 0 atom stereocenters. The van der Waals surface area contributed by atoms with Crippen LogP contribution in [-0.2, 0) is 18.6 Å². The van der Waals surface area contributed by atoms with Gasteiger partial charge in [-0.3, -0.25) is 19.9 Å². The fourth-order valence-corrected chi connectivity index (χ4v) is 15.5. The standard InChI is InChI=1S/C44H26N6.C36H36B2N2O4.C10H7BrN2/c1-5-29(33-19-47-25-48-20-33)6-2-27(1)31-9-11-35-39(17-31)40-18-32(28-3-7-30(8-4-28)34-21-49-26-50-22-34)10-12-36(40)43(35)44-37-13-15-45-23-41(37)42-24-46-16-14-38(42)44;1-33(2)34(3,4)42-37(41-33)21-9-11-23-27(17-21)28-18-22(38-43-35(5,6)36(7,8)44-38)10-12-24(28)31(23)32-25-13-15-39-19-29(25)30-20-40-16-14-26(30)32;11-10-3-1-8(2-4-10)9-5-12-7-13-6-9/h1-26H;9-20H,1-8H3;1-7H. The number of hydrogen-bond donors (Lipinski definition) is 0. The van der Waals surface area contributed by atoms with Crippen LogP contribution in [0.4, 0.5) is 0 Å². The molecule has 0 spiro atoms. The second-order valence-electron chi connectivity index (χ2n) is 29.5. The average molecular weight is 1460 g/mol. The monoisotopic (exact) mass is 1450 g/mol. The van der Waals surface area contributed by atoms with Gasteiger partial charge in [0.25, 0.3) is 0 Å². The second kappa shape index (κ2) is 26.4. The van der Waals surface area contributed by atoms with Crippen molar-refractivity contribution in [3.63, 3.8) is 0 Å². The molecule has 4 aliphatic carbocycles. The maximum Gasteiger partial charge on any atom is 0.494 e. The van der Waals surface area contributed by atoms with Gasteiger partial charge in [0, 0.05) is 130 Å². The van der Waals surface area contributed by atoms with Crippen molar-refractivity contribution in [3.05, 3.63) is 325 Å². The molecule has 2 saturated heterocycles.